The van der Waals surface area contributed by atoms with Gasteiger partial charge in [0.05, 0.1) is 8.66 Å². The van der Waals surface area contributed by atoms with Crippen molar-refractivity contribution in [3.63, 3.8) is 0 Å². The summed E-state index contributed by atoms with van der Waals surface area (Å²) in [5.41, 5.74) is 0. The average molecular weight is 397 g/mol. The summed E-state index contributed by atoms with van der Waals surface area (Å²) in [6, 6.07) is 2.17. The maximum Gasteiger partial charge on any atom is 0.264 e. The van der Waals surface area contributed by atoms with Crippen molar-refractivity contribution in [2.75, 3.05) is 13.2 Å². The highest BCUT2D eigenvalue weighted by Gasteiger charge is 2.29. The van der Waals surface area contributed by atoms with Gasteiger partial charge in [0.15, 0.2) is 0 Å². The van der Waals surface area contributed by atoms with Gasteiger partial charge < -0.3 is 10.0 Å². The van der Waals surface area contributed by atoms with Crippen molar-refractivity contribution >= 4 is 49.1 Å². The zero-order valence-corrected chi connectivity index (χ0v) is 13.9. The predicted molar refractivity (Wildman–Crippen MR) is 80.1 cm³/mol. The number of hydrogen-bond donors (Lipinski definition) is 1. The minimum atomic E-state index is 0.117. The molecule has 1 aliphatic rings. The second kappa shape index (κ2) is 6.50. The Kier molecular flexibility index (Phi) is 5.24. The molecular weight excluding hydrogens is 382 g/mol. The van der Waals surface area contributed by atoms with E-state index < -0.39 is 0 Å². The van der Waals surface area contributed by atoms with Crippen LogP contribution in [0.1, 0.15) is 35.4 Å². The van der Waals surface area contributed by atoms with Gasteiger partial charge in [0.1, 0.15) is 0 Å². The molecule has 1 aromatic heterocycles. The number of likely N-dealkylation sites (tertiary alicyclic amines) is 1. The van der Waals surface area contributed by atoms with Crippen LogP contribution in [0.2, 0.25) is 0 Å². The lowest BCUT2D eigenvalue weighted by Crippen LogP contribution is -2.35. The summed E-state index contributed by atoms with van der Waals surface area (Å²) >= 11 is 8.29. The lowest BCUT2D eigenvalue weighted by molar-refractivity contribution is 0.0729. The second-order valence-corrected chi connectivity index (χ2v) is 7.62. The summed E-state index contributed by atoms with van der Waals surface area (Å²) < 4.78 is 1.89. The Morgan fingerprint density at radius 2 is 2.33 bits per heavy atom. The smallest absolute Gasteiger partial charge is 0.264 e. The summed E-state index contributed by atoms with van der Waals surface area (Å²) in [5, 5.41) is 8.89. The first-order valence-corrected chi connectivity index (χ1v) is 8.40. The van der Waals surface area contributed by atoms with Gasteiger partial charge in [-0.1, -0.05) is 0 Å². The number of thiophene rings is 1. The molecule has 2 heterocycles. The molecule has 1 amide bonds. The summed E-state index contributed by atoms with van der Waals surface area (Å²) in [4.78, 5) is 15.1. The monoisotopic (exact) mass is 395 g/mol. The molecule has 1 atom stereocenters. The maximum absolute atomic E-state index is 12.4. The Balaban J connectivity index is 2.07. The van der Waals surface area contributed by atoms with E-state index in [4.69, 9.17) is 5.11 Å². The van der Waals surface area contributed by atoms with E-state index in [1.807, 2.05) is 11.0 Å². The summed E-state index contributed by atoms with van der Waals surface area (Å²) in [6.45, 7) is 1.04. The SMILES string of the molecule is O=C(c1cc(Br)c(Br)s1)N1CCCC1CCCO. The van der Waals surface area contributed by atoms with E-state index in [9.17, 15) is 4.79 Å². The molecule has 1 fully saturated rings. The molecule has 100 valence electrons. The molecule has 6 heteroatoms. The second-order valence-electron chi connectivity index (χ2n) is 4.39. The molecule has 1 aliphatic heterocycles. The van der Waals surface area contributed by atoms with Crippen LogP contribution in [0.25, 0.3) is 0 Å². The van der Waals surface area contributed by atoms with Crippen molar-refractivity contribution in [2.24, 2.45) is 0 Å². The number of carbonyl (C=O) groups is 1. The first-order valence-electron chi connectivity index (χ1n) is 6.00. The van der Waals surface area contributed by atoms with Crippen molar-refractivity contribution in [3.05, 3.63) is 19.2 Å². The molecule has 0 saturated carbocycles. The fraction of sp³-hybridized carbons (Fsp3) is 0.583. The largest absolute Gasteiger partial charge is 0.396 e. The molecule has 0 radical (unpaired) electrons. The maximum atomic E-state index is 12.4. The summed E-state index contributed by atoms with van der Waals surface area (Å²) in [7, 11) is 0. The van der Waals surface area contributed by atoms with Gasteiger partial charge in [0.25, 0.3) is 5.91 Å². The first-order chi connectivity index (χ1) is 8.63. The third-order valence-corrected chi connectivity index (χ3v) is 6.43. The molecule has 0 aromatic carbocycles. The molecule has 1 aromatic rings. The van der Waals surface area contributed by atoms with E-state index in [-0.39, 0.29) is 12.5 Å². The van der Waals surface area contributed by atoms with E-state index in [2.05, 4.69) is 31.9 Å². The normalized spacial score (nSPS) is 19.5. The van der Waals surface area contributed by atoms with E-state index in [0.29, 0.717) is 6.04 Å². The van der Waals surface area contributed by atoms with Gasteiger partial charge in [-0.3, -0.25) is 4.79 Å². The lowest BCUT2D eigenvalue weighted by atomic mass is 10.1. The van der Waals surface area contributed by atoms with Crippen LogP contribution in [0.4, 0.5) is 0 Å². The van der Waals surface area contributed by atoms with Gasteiger partial charge in [-0.25, -0.2) is 0 Å². The Bertz CT molecular complexity index is 416. The molecule has 1 unspecified atom stereocenters. The van der Waals surface area contributed by atoms with Crippen LogP contribution >= 0.6 is 43.2 Å². The van der Waals surface area contributed by atoms with Gasteiger partial charge in [0, 0.05) is 23.7 Å². The van der Waals surface area contributed by atoms with E-state index in [0.717, 1.165) is 45.4 Å². The standard InChI is InChI=1S/C12H15Br2NO2S/c13-9-7-10(18-11(9)14)12(17)15-5-1-3-8(15)4-2-6-16/h7-8,16H,1-6H2. The van der Waals surface area contributed by atoms with Crippen LogP contribution in [0.15, 0.2) is 14.3 Å². The highest BCUT2D eigenvalue weighted by Crippen LogP contribution is 2.34. The molecule has 0 spiro atoms. The van der Waals surface area contributed by atoms with Crippen LogP contribution in [0.5, 0.6) is 0 Å². The van der Waals surface area contributed by atoms with Crippen LogP contribution in [0.3, 0.4) is 0 Å². The van der Waals surface area contributed by atoms with Crippen LogP contribution in [0, 0.1) is 0 Å². The van der Waals surface area contributed by atoms with E-state index >= 15 is 0 Å². The third kappa shape index (κ3) is 3.15. The van der Waals surface area contributed by atoms with Gasteiger partial charge in [-0.05, 0) is 63.6 Å². The average Bonchev–Trinajstić information content (AvgIpc) is 2.94. The third-order valence-electron chi connectivity index (χ3n) is 3.19. The van der Waals surface area contributed by atoms with Crippen molar-refractivity contribution in [1.29, 1.82) is 0 Å². The van der Waals surface area contributed by atoms with Gasteiger partial charge in [0.2, 0.25) is 0 Å². The number of aliphatic hydroxyl groups excluding tert-OH is 1. The minimum Gasteiger partial charge on any atom is -0.396 e. The van der Waals surface area contributed by atoms with Crippen LogP contribution < -0.4 is 0 Å². The van der Waals surface area contributed by atoms with Crippen LogP contribution in [-0.2, 0) is 0 Å². The zero-order valence-electron chi connectivity index (χ0n) is 9.86. The Morgan fingerprint density at radius 1 is 1.56 bits per heavy atom. The zero-order chi connectivity index (χ0) is 13.1. The van der Waals surface area contributed by atoms with Crippen molar-refractivity contribution in [2.45, 2.75) is 31.7 Å². The topological polar surface area (TPSA) is 40.5 Å². The minimum absolute atomic E-state index is 0.117. The fourth-order valence-electron chi connectivity index (χ4n) is 2.32. The number of halogens is 2. The number of hydrogen-bond acceptors (Lipinski definition) is 3. The number of aliphatic hydroxyl groups is 1. The Labute approximate surface area is 127 Å². The quantitative estimate of drug-likeness (QED) is 0.843. The van der Waals surface area contributed by atoms with Gasteiger partial charge in [-0.15, -0.1) is 11.3 Å². The number of carbonyl (C=O) groups excluding carboxylic acids is 1. The molecule has 18 heavy (non-hydrogen) atoms. The lowest BCUT2D eigenvalue weighted by Gasteiger charge is -2.23. The Hall–Kier alpha value is 0.0900. The Morgan fingerprint density at radius 3 is 2.94 bits per heavy atom. The fourth-order valence-corrected chi connectivity index (χ4v) is 4.32. The number of nitrogens with zero attached hydrogens (tertiary/aromatic N) is 1. The van der Waals surface area contributed by atoms with Gasteiger partial charge in [-0.2, -0.15) is 0 Å². The van der Waals surface area contributed by atoms with Crippen LogP contribution in [-0.4, -0.2) is 35.1 Å². The molecule has 3 nitrogen and oxygen atoms in total. The molecule has 1 saturated heterocycles. The van der Waals surface area contributed by atoms with E-state index in [1.54, 1.807) is 0 Å². The van der Waals surface area contributed by atoms with Crippen molar-refractivity contribution in [3.8, 4) is 0 Å². The predicted octanol–water partition coefficient (Wildman–Crippen LogP) is 3.65. The highest BCUT2D eigenvalue weighted by molar-refractivity contribution is 9.13. The van der Waals surface area contributed by atoms with Crippen molar-refractivity contribution in [1.82, 2.24) is 4.90 Å². The molecule has 0 bridgehead atoms. The first kappa shape index (κ1) is 14.5. The highest BCUT2D eigenvalue weighted by atomic mass is 79.9. The molecular formula is C12H15Br2NO2S. The van der Waals surface area contributed by atoms with Crippen molar-refractivity contribution < 1.29 is 9.90 Å². The van der Waals surface area contributed by atoms with Gasteiger partial charge >= 0.3 is 0 Å². The number of rotatable bonds is 4. The molecule has 0 aliphatic carbocycles. The summed E-state index contributed by atoms with van der Waals surface area (Å²) in [6.07, 6.45) is 3.79. The number of amides is 1. The van der Waals surface area contributed by atoms with E-state index in [1.165, 1.54) is 11.3 Å². The molecule has 1 N–H and O–H groups in total. The molecule has 2 rings (SSSR count). The summed E-state index contributed by atoms with van der Waals surface area (Å²) in [5.74, 6) is 0.117.